The Morgan fingerprint density at radius 3 is 1.01 bits per heavy atom. The van der Waals surface area contributed by atoms with E-state index in [4.69, 9.17) is 0 Å². The molecule has 4 aliphatic rings. The molecule has 332 valence electrons. The molecule has 68 heavy (non-hydrogen) atoms. The SMILES string of the molecule is CN1C(=O)[C@@](Cc2ccccc2)(c2ccccc2)c2cccc(C(=C3CC3)c3ccccc3)c21.CN1C(=O)[C@](Cc2ccccc2)(c2ccccc2)c2cccc(C(=C3CC3)c3ccccc3)c21. The van der Waals surface area contributed by atoms with Crippen LogP contribution in [0.4, 0.5) is 11.4 Å². The van der Waals surface area contributed by atoms with Crippen molar-refractivity contribution in [1.82, 2.24) is 0 Å². The van der Waals surface area contributed by atoms with Gasteiger partial charge in [0.1, 0.15) is 10.8 Å². The van der Waals surface area contributed by atoms with Gasteiger partial charge in [-0.05, 0) is 94.2 Å². The highest BCUT2D eigenvalue weighted by Gasteiger charge is 2.53. The molecule has 2 heterocycles. The van der Waals surface area contributed by atoms with Crippen LogP contribution >= 0.6 is 0 Å². The molecule has 2 aliphatic heterocycles. The number of para-hydroxylation sites is 2. The fourth-order valence-corrected chi connectivity index (χ4v) is 11.2. The third-order valence-corrected chi connectivity index (χ3v) is 14.5. The summed E-state index contributed by atoms with van der Waals surface area (Å²) in [5, 5.41) is 0. The predicted molar refractivity (Wildman–Crippen MR) is 278 cm³/mol. The molecule has 0 aromatic heterocycles. The number of rotatable bonds is 10. The van der Waals surface area contributed by atoms with Crippen molar-refractivity contribution < 1.29 is 9.59 Å². The van der Waals surface area contributed by atoms with Gasteiger partial charge in [-0.25, -0.2) is 0 Å². The maximum atomic E-state index is 14.3. The molecule has 0 N–H and O–H groups in total. The van der Waals surface area contributed by atoms with E-state index in [0.29, 0.717) is 12.8 Å². The molecule has 12 rings (SSSR count). The van der Waals surface area contributed by atoms with Gasteiger partial charge < -0.3 is 9.80 Å². The molecule has 2 aliphatic carbocycles. The number of nitrogens with zero attached hydrogens (tertiary/aromatic N) is 2. The summed E-state index contributed by atoms with van der Waals surface area (Å²) in [5.74, 6) is 0.274. The first-order chi connectivity index (χ1) is 33.4. The van der Waals surface area contributed by atoms with Crippen LogP contribution in [0.2, 0.25) is 0 Å². The van der Waals surface area contributed by atoms with Crippen LogP contribution in [0, 0.1) is 0 Å². The third-order valence-electron chi connectivity index (χ3n) is 14.5. The minimum absolute atomic E-state index is 0.137. The van der Waals surface area contributed by atoms with Crippen molar-refractivity contribution in [3.8, 4) is 0 Å². The minimum Gasteiger partial charge on any atom is -0.313 e. The fourth-order valence-electron chi connectivity index (χ4n) is 11.2. The molecule has 2 fully saturated rings. The van der Waals surface area contributed by atoms with E-state index < -0.39 is 10.8 Å². The van der Waals surface area contributed by atoms with E-state index in [1.807, 2.05) is 72.4 Å². The molecule has 0 bridgehead atoms. The monoisotopic (exact) mass is 882 g/mol. The molecule has 0 radical (unpaired) electrons. The average molecular weight is 883 g/mol. The minimum atomic E-state index is -0.751. The van der Waals surface area contributed by atoms with Crippen LogP contribution in [0.15, 0.2) is 230 Å². The Balaban J connectivity index is 0.000000149. The van der Waals surface area contributed by atoms with Crippen molar-refractivity contribution in [2.24, 2.45) is 0 Å². The van der Waals surface area contributed by atoms with Crippen LogP contribution in [0.25, 0.3) is 11.1 Å². The van der Waals surface area contributed by atoms with Crippen LogP contribution in [-0.2, 0) is 33.3 Å². The Labute approximate surface area is 400 Å². The Kier molecular flexibility index (Phi) is 11.2. The van der Waals surface area contributed by atoms with E-state index >= 15 is 0 Å². The second kappa shape index (κ2) is 17.8. The summed E-state index contributed by atoms with van der Waals surface area (Å²) in [6, 6.07) is 75.6. The average Bonchev–Trinajstić information content (AvgIpc) is 4.36. The molecule has 4 nitrogen and oxygen atoms in total. The summed E-state index contributed by atoms with van der Waals surface area (Å²) in [6.45, 7) is 0. The molecule has 0 spiro atoms. The Hall–Kier alpha value is -7.82. The van der Waals surface area contributed by atoms with Crippen molar-refractivity contribution in [3.05, 3.63) is 285 Å². The van der Waals surface area contributed by atoms with Gasteiger partial charge in [0.05, 0.1) is 11.4 Å². The number of hydrogen-bond acceptors (Lipinski definition) is 2. The van der Waals surface area contributed by atoms with Crippen LogP contribution < -0.4 is 9.80 Å². The van der Waals surface area contributed by atoms with E-state index in [1.165, 1.54) is 33.4 Å². The molecular formula is C64H54N2O2. The van der Waals surface area contributed by atoms with Gasteiger partial charge in [-0.3, -0.25) is 9.59 Å². The summed E-state index contributed by atoms with van der Waals surface area (Å²) >= 11 is 0. The maximum absolute atomic E-state index is 14.3. The Bertz CT molecular complexity index is 2990. The van der Waals surface area contributed by atoms with Gasteiger partial charge in [-0.2, -0.15) is 0 Å². The Morgan fingerprint density at radius 1 is 0.382 bits per heavy atom. The number of carbonyl (C=O) groups excluding carboxylic acids is 2. The second-order valence-corrected chi connectivity index (χ2v) is 18.7. The molecule has 0 unspecified atom stereocenters. The number of likely N-dealkylation sites (N-methyl/N-ethyl adjacent to an activating group) is 2. The van der Waals surface area contributed by atoms with Crippen molar-refractivity contribution in [3.63, 3.8) is 0 Å². The van der Waals surface area contributed by atoms with E-state index in [9.17, 15) is 9.59 Å². The topological polar surface area (TPSA) is 40.6 Å². The van der Waals surface area contributed by atoms with Gasteiger partial charge in [0, 0.05) is 25.2 Å². The summed E-state index contributed by atoms with van der Waals surface area (Å²) < 4.78 is 0. The van der Waals surface area contributed by atoms with Gasteiger partial charge in [-0.15, -0.1) is 0 Å². The van der Waals surface area contributed by atoms with Crippen molar-refractivity contribution in [1.29, 1.82) is 0 Å². The predicted octanol–water partition coefficient (Wildman–Crippen LogP) is 13.6. The lowest BCUT2D eigenvalue weighted by atomic mass is 9.70. The lowest BCUT2D eigenvalue weighted by Crippen LogP contribution is -2.41. The van der Waals surface area contributed by atoms with Crippen LogP contribution in [0.3, 0.4) is 0 Å². The zero-order valence-corrected chi connectivity index (χ0v) is 38.7. The van der Waals surface area contributed by atoms with Gasteiger partial charge in [0.2, 0.25) is 11.8 Å². The number of hydrogen-bond donors (Lipinski definition) is 0. The molecular weight excluding hydrogens is 829 g/mol. The number of amides is 2. The van der Waals surface area contributed by atoms with Gasteiger partial charge >= 0.3 is 0 Å². The van der Waals surface area contributed by atoms with E-state index in [2.05, 4.69) is 170 Å². The van der Waals surface area contributed by atoms with E-state index in [-0.39, 0.29) is 11.8 Å². The molecule has 8 aromatic rings. The normalized spacial score (nSPS) is 18.7. The zero-order chi connectivity index (χ0) is 46.2. The highest BCUT2D eigenvalue weighted by Crippen LogP contribution is 2.54. The second-order valence-electron chi connectivity index (χ2n) is 18.7. The largest absolute Gasteiger partial charge is 0.313 e. The van der Waals surface area contributed by atoms with Gasteiger partial charge in [0.15, 0.2) is 0 Å². The zero-order valence-electron chi connectivity index (χ0n) is 38.7. The van der Waals surface area contributed by atoms with Crippen molar-refractivity contribution in [2.75, 3.05) is 23.9 Å². The summed E-state index contributed by atoms with van der Waals surface area (Å²) in [6.07, 6.45) is 5.76. The van der Waals surface area contributed by atoms with Crippen molar-refractivity contribution >= 4 is 34.3 Å². The van der Waals surface area contributed by atoms with Crippen LogP contribution in [0.5, 0.6) is 0 Å². The Morgan fingerprint density at radius 2 is 0.691 bits per heavy atom. The lowest BCUT2D eigenvalue weighted by molar-refractivity contribution is -0.122. The van der Waals surface area contributed by atoms with Gasteiger partial charge in [-0.1, -0.05) is 230 Å². The van der Waals surface area contributed by atoms with Crippen molar-refractivity contribution in [2.45, 2.75) is 49.4 Å². The fraction of sp³-hybridized carbons (Fsp3) is 0.156. The molecule has 0 saturated heterocycles. The number of fused-ring (bicyclic) bond motifs is 2. The molecule has 2 atom stereocenters. The number of carbonyl (C=O) groups is 2. The molecule has 2 saturated carbocycles. The first kappa shape index (κ1) is 42.8. The third kappa shape index (κ3) is 7.41. The van der Waals surface area contributed by atoms with Crippen LogP contribution in [0.1, 0.15) is 81.3 Å². The first-order valence-corrected chi connectivity index (χ1v) is 24.0. The molecule has 8 aromatic carbocycles. The molecule has 4 heteroatoms. The maximum Gasteiger partial charge on any atom is 0.242 e. The first-order valence-electron chi connectivity index (χ1n) is 24.0. The number of benzene rings is 8. The highest BCUT2D eigenvalue weighted by molar-refractivity contribution is 6.14. The quantitative estimate of drug-likeness (QED) is 0.137. The molecule has 2 amide bonds. The number of anilines is 2. The smallest absolute Gasteiger partial charge is 0.242 e. The van der Waals surface area contributed by atoms with E-state index in [0.717, 1.165) is 81.6 Å². The summed E-state index contributed by atoms with van der Waals surface area (Å²) in [5.41, 5.74) is 17.5. The standard InChI is InChI=1S/2C32H27NO/c2*1-33-30-27(29(25-20-21-25)24-14-7-3-8-15-24)18-11-19-28(30)32(31(33)34,26-16-9-4-10-17-26)22-23-12-5-2-6-13-23/h2*2-19H,20-22H2,1H3/t2*32-/m10/s1. The summed E-state index contributed by atoms with van der Waals surface area (Å²) in [7, 11) is 3.89. The van der Waals surface area contributed by atoms with E-state index in [1.54, 1.807) is 0 Å². The number of allylic oxidation sites excluding steroid dienone is 2. The summed E-state index contributed by atoms with van der Waals surface area (Å²) in [4.78, 5) is 32.4. The highest BCUT2D eigenvalue weighted by atomic mass is 16.2. The lowest BCUT2D eigenvalue weighted by Gasteiger charge is -2.29. The van der Waals surface area contributed by atoms with Gasteiger partial charge in [0.25, 0.3) is 0 Å². The van der Waals surface area contributed by atoms with Crippen LogP contribution in [-0.4, -0.2) is 25.9 Å².